The van der Waals surface area contributed by atoms with Gasteiger partial charge in [-0.2, -0.15) is 0 Å². The maximum Gasteiger partial charge on any atom is 0.246 e. The minimum Gasteiger partial charge on any atom is -0.508 e. The van der Waals surface area contributed by atoms with E-state index in [9.17, 15) is 9.90 Å². The summed E-state index contributed by atoms with van der Waals surface area (Å²) < 4.78 is 0. The number of nitrogens with one attached hydrogen (secondary N) is 1. The molecule has 0 aromatic heterocycles. The van der Waals surface area contributed by atoms with Gasteiger partial charge in [-0.25, -0.2) is 0 Å². The second-order valence-electron chi connectivity index (χ2n) is 3.01. The van der Waals surface area contributed by atoms with Crippen molar-refractivity contribution in [3.8, 4) is 5.75 Å². The van der Waals surface area contributed by atoms with Gasteiger partial charge in [0, 0.05) is 13.1 Å². The molecule has 1 aromatic carbocycles. The summed E-state index contributed by atoms with van der Waals surface area (Å²) in [6.45, 7) is 0.314. The minimum atomic E-state index is -0.00176. The van der Waals surface area contributed by atoms with Crippen LogP contribution in [0, 0.1) is 0 Å². The van der Waals surface area contributed by atoms with E-state index in [0.717, 1.165) is 11.4 Å². The Kier molecular flexibility index (Phi) is 1.62. The monoisotopic (exact) mass is 178 g/mol. The van der Waals surface area contributed by atoms with Gasteiger partial charge in [0.15, 0.2) is 0 Å². The standard InChI is InChI=1S/C9H10N2O2/c1-11-8-4-6(12)2-3-7(8)10-5-9(11)13/h2-4,10,12H,5H2,1H3. The number of benzene rings is 1. The number of hydrogen-bond acceptors (Lipinski definition) is 3. The fourth-order valence-electron chi connectivity index (χ4n) is 1.37. The molecular formula is C9H10N2O2. The van der Waals surface area contributed by atoms with Gasteiger partial charge < -0.3 is 15.3 Å². The van der Waals surface area contributed by atoms with Crippen molar-refractivity contribution in [2.45, 2.75) is 0 Å². The number of aromatic hydroxyl groups is 1. The molecule has 2 N–H and O–H groups in total. The Morgan fingerprint density at radius 1 is 1.54 bits per heavy atom. The van der Waals surface area contributed by atoms with Gasteiger partial charge in [0.25, 0.3) is 0 Å². The summed E-state index contributed by atoms with van der Waals surface area (Å²) in [5, 5.41) is 12.2. The van der Waals surface area contributed by atoms with Gasteiger partial charge in [-0.15, -0.1) is 0 Å². The van der Waals surface area contributed by atoms with Crippen LogP contribution in [-0.2, 0) is 4.79 Å². The van der Waals surface area contributed by atoms with Gasteiger partial charge in [-0.3, -0.25) is 4.79 Å². The largest absolute Gasteiger partial charge is 0.508 e. The van der Waals surface area contributed by atoms with Gasteiger partial charge in [0.2, 0.25) is 5.91 Å². The molecule has 0 saturated heterocycles. The van der Waals surface area contributed by atoms with E-state index in [1.165, 1.54) is 4.90 Å². The average Bonchev–Trinajstić information content (AvgIpc) is 2.12. The summed E-state index contributed by atoms with van der Waals surface area (Å²) in [5.41, 5.74) is 1.59. The molecule has 1 aliphatic heterocycles. The predicted molar refractivity (Wildman–Crippen MR) is 50.0 cm³/mol. The lowest BCUT2D eigenvalue weighted by molar-refractivity contribution is -0.116. The molecule has 2 rings (SSSR count). The van der Waals surface area contributed by atoms with Crippen molar-refractivity contribution in [3.63, 3.8) is 0 Å². The smallest absolute Gasteiger partial charge is 0.246 e. The third-order valence-electron chi connectivity index (χ3n) is 2.15. The van der Waals surface area contributed by atoms with Crippen LogP contribution in [0.3, 0.4) is 0 Å². The van der Waals surface area contributed by atoms with Crippen molar-refractivity contribution >= 4 is 17.3 Å². The molecule has 1 heterocycles. The second-order valence-corrected chi connectivity index (χ2v) is 3.01. The van der Waals surface area contributed by atoms with Gasteiger partial charge in [-0.05, 0) is 12.1 Å². The third-order valence-corrected chi connectivity index (χ3v) is 2.15. The van der Waals surface area contributed by atoms with Gasteiger partial charge >= 0.3 is 0 Å². The second kappa shape index (κ2) is 2.65. The Bertz CT molecular complexity index is 363. The van der Waals surface area contributed by atoms with Gasteiger partial charge in [0.1, 0.15) is 5.75 Å². The Morgan fingerprint density at radius 3 is 3.08 bits per heavy atom. The Labute approximate surface area is 75.8 Å². The van der Waals surface area contributed by atoms with Gasteiger partial charge in [-0.1, -0.05) is 0 Å². The van der Waals surface area contributed by atoms with Crippen molar-refractivity contribution in [3.05, 3.63) is 18.2 Å². The van der Waals surface area contributed by atoms with Crippen molar-refractivity contribution in [2.24, 2.45) is 0 Å². The van der Waals surface area contributed by atoms with E-state index in [1.807, 2.05) is 0 Å². The van der Waals surface area contributed by atoms with Crippen LogP contribution in [0.25, 0.3) is 0 Å². The van der Waals surface area contributed by atoms with E-state index >= 15 is 0 Å². The maximum atomic E-state index is 11.2. The number of likely N-dealkylation sites (N-methyl/N-ethyl adjacent to an activating group) is 1. The molecule has 0 unspecified atom stereocenters. The highest BCUT2D eigenvalue weighted by molar-refractivity contribution is 6.02. The van der Waals surface area contributed by atoms with Crippen molar-refractivity contribution < 1.29 is 9.90 Å². The normalized spacial score (nSPS) is 15.2. The predicted octanol–water partition coefficient (Wildman–Crippen LogP) is 0.780. The summed E-state index contributed by atoms with van der Waals surface area (Å²) in [5.74, 6) is 0.167. The summed E-state index contributed by atoms with van der Waals surface area (Å²) >= 11 is 0. The number of phenolic OH excluding ortho intramolecular Hbond substituents is 1. The first-order chi connectivity index (χ1) is 6.18. The number of rotatable bonds is 0. The van der Waals surface area contributed by atoms with E-state index in [1.54, 1.807) is 25.2 Å². The molecule has 0 fully saturated rings. The van der Waals surface area contributed by atoms with E-state index in [0.29, 0.717) is 6.54 Å². The molecule has 0 bridgehead atoms. The Hall–Kier alpha value is -1.71. The van der Waals surface area contributed by atoms with E-state index in [4.69, 9.17) is 0 Å². The molecule has 0 atom stereocenters. The SMILES string of the molecule is CN1C(=O)CNc2ccc(O)cc21. The molecule has 4 nitrogen and oxygen atoms in total. The zero-order valence-corrected chi connectivity index (χ0v) is 7.24. The summed E-state index contributed by atoms with van der Waals surface area (Å²) in [4.78, 5) is 12.8. The van der Waals surface area contributed by atoms with Crippen LogP contribution >= 0.6 is 0 Å². The number of nitrogens with zero attached hydrogens (tertiary/aromatic N) is 1. The topological polar surface area (TPSA) is 52.6 Å². The van der Waals surface area contributed by atoms with Gasteiger partial charge in [0.05, 0.1) is 17.9 Å². The lowest BCUT2D eigenvalue weighted by Crippen LogP contribution is -2.36. The molecule has 0 saturated carbocycles. The first kappa shape index (κ1) is 7.91. The van der Waals surface area contributed by atoms with Crippen molar-refractivity contribution in [1.29, 1.82) is 0 Å². The lowest BCUT2D eigenvalue weighted by Gasteiger charge is -2.26. The molecule has 1 amide bonds. The summed E-state index contributed by atoms with van der Waals surface area (Å²) in [6.07, 6.45) is 0. The third kappa shape index (κ3) is 1.20. The molecule has 0 aliphatic carbocycles. The van der Waals surface area contributed by atoms with Crippen molar-refractivity contribution in [2.75, 3.05) is 23.8 Å². The first-order valence-corrected chi connectivity index (χ1v) is 4.02. The summed E-state index contributed by atoms with van der Waals surface area (Å²) in [7, 11) is 1.70. The number of hydrogen-bond donors (Lipinski definition) is 2. The van der Waals surface area contributed by atoms with Crippen LogP contribution < -0.4 is 10.2 Å². The number of anilines is 2. The Morgan fingerprint density at radius 2 is 2.31 bits per heavy atom. The highest BCUT2D eigenvalue weighted by atomic mass is 16.3. The lowest BCUT2D eigenvalue weighted by atomic mass is 10.2. The van der Waals surface area contributed by atoms with E-state index < -0.39 is 0 Å². The van der Waals surface area contributed by atoms with Crippen LogP contribution in [0.1, 0.15) is 0 Å². The van der Waals surface area contributed by atoms with Crippen LogP contribution in [0.15, 0.2) is 18.2 Å². The molecule has 0 radical (unpaired) electrons. The Balaban J connectivity index is 2.51. The molecule has 13 heavy (non-hydrogen) atoms. The molecule has 0 spiro atoms. The molecular weight excluding hydrogens is 168 g/mol. The number of amides is 1. The first-order valence-electron chi connectivity index (χ1n) is 4.02. The molecule has 1 aliphatic rings. The molecule has 68 valence electrons. The van der Waals surface area contributed by atoms with Crippen LogP contribution in [0.4, 0.5) is 11.4 Å². The molecule has 4 heteroatoms. The fourth-order valence-corrected chi connectivity index (χ4v) is 1.37. The van der Waals surface area contributed by atoms with Crippen LogP contribution in [0.2, 0.25) is 0 Å². The average molecular weight is 178 g/mol. The highest BCUT2D eigenvalue weighted by Crippen LogP contribution is 2.31. The van der Waals surface area contributed by atoms with E-state index in [2.05, 4.69) is 5.32 Å². The fraction of sp³-hybridized carbons (Fsp3) is 0.222. The maximum absolute atomic E-state index is 11.2. The summed E-state index contributed by atoms with van der Waals surface area (Å²) in [6, 6.07) is 4.92. The number of fused-ring (bicyclic) bond motifs is 1. The van der Waals surface area contributed by atoms with Crippen LogP contribution in [-0.4, -0.2) is 24.6 Å². The molecule has 1 aromatic rings. The zero-order chi connectivity index (χ0) is 9.42. The minimum absolute atomic E-state index is 0.00176. The van der Waals surface area contributed by atoms with Crippen molar-refractivity contribution in [1.82, 2.24) is 0 Å². The number of carbonyl (C=O) groups is 1. The van der Waals surface area contributed by atoms with E-state index in [-0.39, 0.29) is 11.7 Å². The number of carbonyl (C=O) groups excluding carboxylic acids is 1. The zero-order valence-electron chi connectivity index (χ0n) is 7.24. The van der Waals surface area contributed by atoms with Crippen LogP contribution in [0.5, 0.6) is 5.75 Å². The number of phenols is 1. The quantitative estimate of drug-likeness (QED) is 0.577. The highest BCUT2D eigenvalue weighted by Gasteiger charge is 2.20.